The minimum absolute atomic E-state index is 0.311. The molecule has 1 saturated heterocycles. The average molecular weight is 432 g/mol. The highest BCUT2D eigenvalue weighted by Crippen LogP contribution is 2.34. The summed E-state index contributed by atoms with van der Waals surface area (Å²) in [6.07, 6.45) is 3.25. The summed E-state index contributed by atoms with van der Waals surface area (Å²) in [7, 11) is -3.41. The number of sulfonamides is 1. The molecule has 19 heavy (non-hydrogen) atoms. The van der Waals surface area contributed by atoms with Gasteiger partial charge >= 0.3 is 0 Å². The lowest BCUT2D eigenvalue weighted by molar-refractivity contribution is 0.358. The SMILES string of the molecule is O=S(=O)(NCCC1CCCNC1)c1cc(Br)sc1Br. The second-order valence-corrected chi connectivity index (χ2v) is 10.1. The molecule has 1 aromatic rings. The van der Waals surface area contributed by atoms with Crippen LogP contribution in [0, 0.1) is 5.92 Å². The molecule has 0 bridgehead atoms. The van der Waals surface area contributed by atoms with Crippen molar-refractivity contribution in [2.75, 3.05) is 19.6 Å². The van der Waals surface area contributed by atoms with Crippen molar-refractivity contribution in [2.45, 2.75) is 24.2 Å². The van der Waals surface area contributed by atoms with Crippen LogP contribution in [0.1, 0.15) is 19.3 Å². The summed E-state index contributed by atoms with van der Waals surface area (Å²) < 4.78 is 28.4. The van der Waals surface area contributed by atoms with Gasteiger partial charge in [0.15, 0.2) is 0 Å². The van der Waals surface area contributed by atoms with E-state index < -0.39 is 10.0 Å². The molecule has 1 aliphatic heterocycles. The molecule has 1 fully saturated rings. The van der Waals surface area contributed by atoms with Crippen molar-refractivity contribution in [1.29, 1.82) is 0 Å². The monoisotopic (exact) mass is 430 g/mol. The van der Waals surface area contributed by atoms with Crippen molar-refractivity contribution in [3.8, 4) is 0 Å². The van der Waals surface area contributed by atoms with Crippen molar-refractivity contribution < 1.29 is 8.42 Å². The lowest BCUT2D eigenvalue weighted by Crippen LogP contribution is -2.33. The summed E-state index contributed by atoms with van der Waals surface area (Å²) in [6.45, 7) is 2.57. The van der Waals surface area contributed by atoms with E-state index in [4.69, 9.17) is 0 Å². The molecule has 2 N–H and O–H groups in total. The number of nitrogens with one attached hydrogen (secondary N) is 2. The van der Waals surface area contributed by atoms with E-state index in [1.165, 1.54) is 24.2 Å². The highest BCUT2D eigenvalue weighted by Gasteiger charge is 2.21. The van der Waals surface area contributed by atoms with Crippen LogP contribution in [0.3, 0.4) is 0 Å². The van der Waals surface area contributed by atoms with Crippen LogP contribution in [0.5, 0.6) is 0 Å². The van der Waals surface area contributed by atoms with Crippen molar-refractivity contribution in [1.82, 2.24) is 10.0 Å². The zero-order chi connectivity index (χ0) is 13.9. The van der Waals surface area contributed by atoms with Crippen LogP contribution >= 0.6 is 43.2 Å². The third-order valence-corrected chi connectivity index (χ3v) is 7.37. The first-order valence-electron chi connectivity index (χ1n) is 6.14. The number of rotatable bonds is 5. The fourth-order valence-electron chi connectivity index (χ4n) is 2.15. The van der Waals surface area contributed by atoms with E-state index in [-0.39, 0.29) is 0 Å². The molecule has 0 aliphatic carbocycles. The van der Waals surface area contributed by atoms with Gasteiger partial charge in [-0.1, -0.05) is 0 Å². The molecule has 1 aliphatic rings. The van der Waals surface area contributed by atoms with Crippen LogP contribution < -0.4 is 10.0 Å². The minimum Gasteiger partial charge on any atom is -0.316 e. The number of hydrogen-bond acceptors (Lipinski definition) is 4. The van der Waals surface area contributed by atoms with E-state index in [1.54, 1.807) is 6.07 Å². The van der Waals surface area contributed by atoms with Gasteiger partial charge in [-0.2, -0.15) is 0 Å². The quantitative estimate of drug-likeness (QED) is 0.753. The summed E-state index contributed by atoms with van der Waals surface area (Å²) >= 11 is 7.94. The summed E-state index contributed by atoms with van der Waals surface area (Å²) in [5.41, 5.74) is 0. The van der Waals surface area contributed by atoms with E-state index in [2.05, 4.69) is 41.9 Å². The van der Waals surface area contributed by atoms with Gasteiger partial charge in [-0.3, -0.25) is 0 Å². The summed E-state index contributed by atoms with van der Waals surface area (Å²) in [6, 6.07) is 1.62. The normalized spacial score (nSPS) is 20.6. The number of piperidine rings is 1. The Balaban J connectivity index is 1.89. The Morgan fingerprint density at radius 3 is 2.84 bits per heavy atom. The molecule has 0 saturated carbocycles. The molecule has 2 heterocycles. The third kappa shape index (κ3) is 4.50. The summed E-state index contributed by atoms with van der Waals surface area (Å²) in [4.78, 5) is 0.311. The average Bonchev–Trinajstić information content (AvgIpc) is 2.70. The molecular formula is C11H16Br2N2O2S2. The molecule has 0 amide bonds. The highest BCUT2D eigenvalue weighted by molar-refractivity contribution is 9.12. The molecule has 1 atom stereocenters. The van der Waals surface area contributed by atoms with E-state index >= 15 is 0 Å². The second kappa shape index (κ2) is 7.00. The van der Waals surface area contributed by atoms with E-state index in [0.29, 0.717) is 21.1 Å². The van der Waals surface area contributed by atoms with Crippen LogP contribution in [0.2, 0.25) is 0 Å². The first kappa shape index (κ1) is 15.9. The Morgan fingerprint density at radius 2 is 2.26 bits per heavy atom. The van der Waals surface area contributed by atoms with Gasteiger partial charge in [0.25, 0.3) is 0 Å². The summed E-state index contributed by atoms with van der Waals surface area (Å²) in [5, 5.41) is 3.34. The van der Waals surface area contributed by atoms with Gasteiger partial charge in [-0.15, -0.1) is 11.3 Å². The Kier molecular flexibility index (Phi) is 5.86. The van der Waals surface area contributed by atoms with E-state index in [9.17, 15) is 8.42 Å². The molecule has 0 radical (unpaired) electrons. The van der Waals surface area contributed by atoms with Crippen molar-refractivity contribution >= 4 is 53.2 Å². The van der Waals surface area contributed by atoms with Gasteiger partial charge in [-0.05, 0) is 76.2 Å². The Morgan fingerprint density at radius 1 is 1.47 bits per heavy atom. The molecule has 8 heteroatoms. The summed E-state index contributed by atoms with van der Waals surface area (Å²) in [5.74, 6) is 0.578. The standard InChI is InChI=1S/C11H16Br2N2O2S2/c12-10-6-9(11(13)18-10)19(16,17)15-5-3-8-2-1-4-14-7-8/h6,8,14-15H,1-5,7H2. The fraction of sp³-hybridized carbons (Fsp3) is 0.636. The van der Waals surface area contributed by atoms with Crippen molar-refractivity contribution in [3.63, 3.8) is 0 Å². The van der Waals surface area contributed by atoms with Crippen LogP contribution in [0.4, 0.5) is 0 Å². The first-order chi connectivity index (χ1) is 8.99. The van der Waals surface area contributed by atoms with Gasteiger partial charge in [0.2, 0.25) is 10.0 Å². The molecular weight excluding hydrogens is 416 g/mol. The van der Waals surface area contributed by atoms with Gasteiger partial charge < -0.3 is 5.32 Å². The highest BCUT2D eigenvalue weighted by atomic mass is 79.9. The maximum atomic E-state index is 12.1. The Labute approximate surface area is 134 Å². The fourth-order valence-corrected chi connectivity index (χ4v) is 7.01. The number of thiophene rings is 1. The predicted molar refractivity (Wildman–Crippen MR) is 85.1 cm³/mol. The lowest BCUT2D eigenvalue weighted by atomic mass is 9.96. The molecule has 1 aromatic heterocycles. The maximum Gasteiger partial charge on any atom is 0.242 e. The van der Waals surface area contributed by atoms with Crippen LogP contribution in [-0.2, 0) is 10.0 Å². The molecule has 0 aromatic carbocycles. The van der Waals surface area contributed by atoms with Crippen molar-refractivity contribution in [3.05, 3.63) is 13.6 Å². The second-order valence-electron chi connectivity index (χ2n) is 4.59. The minimum atomic E-state index is -3.41. The largest absolute Gasteiger partial charge is 0.316 e. The molecule has 108 valence electrons. The predicted octanol–water partition coefficient (Wildman–Crippen LogP) is 2.94. The Bertz CT molecular complexity index is 525. The van der Waals surface area contributed by atoms with E-state index in [1.807, 2.05) is 0 Å². The molecule has 0 spiro atoms. The van der Waals surface area contributed by atoms with Gasteiger partial charge in [0.1, 0.15) is 4.90 Å². The third-order valence-electron chi connectivity index (χ3n) is 3.16. The van der Waals surface area contributed by atoms with Gasteiger partial charge in [0.05, 0.1) is 7.57 Å². The zero-order valence-electron chi connectivity index (χ0n) is 10.3. The maximum absolute atomic E-state index is 12.1. The van der Waals surface area contributed by atoms with Crippen LogP contribution in [0.25, 0.3) is 0 Å². The smallest absolute Gasteiger partial charge is 0.242 e. The lowest BCUT2D eigenvalue weighted by Gasteiger charge is -2.22. The van der Waals surface area contributed by atoms with Gasteiger partial charge in [0, 0.05) is 6.54 Å². The zero-order valence-corrected chi connectivity index (χ0v) is 15.1. The molecule has 1 unspecified atom stereocenters. The topological polar surface area (TPSA) is 58.2 Å². The number of hydrogen-bond donors (Lipinski definition) is 2. The van der Waals surface area contributed by atoms with Crippen molar-refractivity contribution in [2.24, 2.45) is 5.92 Å². The molecule has 2 rings (SSSR count). The van der Waals surface area contributed by atoms with Crippen LogP contribution in [0.15, 0.2) is 18.5 Å². The molecule has 4 nitrogen and oxygen atoms in total. The first-order valence-corrected chi connectivity index (χ1v) is 10.0. The van der Waals surface area contributed by atoms with Gasteiger partial charge in [-0.25, -0.2) is 13.1 Å². The van der Waals surface area contributed by atoms with Crippen LogP contribution in [-0.4, -0.2) is 28.1 Å². The number of halogens is 2. The Hall–Kier alpha value is 0.530. The van der Waals surface area contributed by atoms with E-state index in [0.717, 1.165) is 23.3 Å².